The zero-order chi connectivity index (χ0) is 24.0. The lowest BCUT2D eigenvalue weighted by Gasteiger charge is -2.22. The van der Waals surface area contributed by atoms with Gasteiger partial charge in [0.1, 0.15) is 11.8 Å². The molecule has 0 bridgehead atoms. The van der Waals surface area contributed by atoms with E-state index in [1.807, 2.05) is 12.1 Å². The molecule has 1 aliphatic heterocycles. The number of nitrogens with zero attached hydrogens (tertiary/aromatic N) is 3. The minimum absolute atomic E-state index is 0.137. The first-order valence-corrected chi connectivity index (χ1v) is 10.9. The Morgan fingerprint density at radius 3 is 2.44 bits per heavy atom. The van der Waals surface area contributed by atoms with E-state index in [-0.39, 0.29) is 32.9 Å². The second kappa shape index (κ2) is 8.48. The van der Waals surface area contributed by atoms with Gasteiger partial charge in [0, 0.05) is 11.8 Å². The number of aliphatic hydroxyl groups is 1. The molecule has 3 heterocycles. The van der Waals surface area contributed by atoms with E-state index in [1.54, 1.807) is 30.3 Å². The van der Waals surface area contributed by atoms with Crippen LogP contribution in [0.5, 0.6) is 5.75 Å². The molecule has 1 amide bonds. The summed E-state index contributed by atoms with van der Waals surface area (Å²) in [6.45, 7) is 0. The summed E-state index contributed by atoms with van der Waals surface area (Å²) in [5.74, 6) is -1.81. The van der Waals surface area contributed by atoms with Crippen molar-refractivity contribution < 1.29 is 19.4 Å². The van der Waals surface area contributed by atoms with Gasteiger partial charge in [0.2, 0.25) is 5.95 Å². The molecule has 0 saturated carbocycles. The Morgan fingerprint density at radius 1 is 1.09 bits per heavy atom. The van der Waals surface area contributed by atoms with Crippen molar-refractivity contribution in [3.8, 4) is 5.75 Å². The lowest BCUT2D eigenvalue weighted by molar-refractivity contribution is -0.132. The first kappa shape index (κ1) is 21.9. The average Bonchev–Trinajstić information content (AvgIpc) is 3.37. The number of pyridine rings is 1. The van der Waals surface area contributed by atoms with Crippen LogP contribution in [0.2, 0.25) is 10.0 Å². The second-order valence-electron chi connectivity index (χ2n) is 7.47. The van der Waals surface area contributed by atoms with Gasteiger partial charge in [-0.3, -0.25) is 19.5 Å². The van der Waals surface area contributed by atoms with Crippen LogP contribution in [0.15, 0.2) is 66.4 Å². The van der Waals surface area contributed by atoms with Crippen molar-refractivity contribution in [1.29, 1.82) is 0 Å². The minimum Gasteiger partial charge on any atom is -0.507 e. The predicted octanol–water partition coefficient (Wildman–Crippen LogP) is 4.90. The molecule has 170 valence electrons. The summed E-state index contributed by atoms with van der Waals surface area (Å²) in [7, 11) is 1.41. The Balaban J connectivity index is 1.73. The molecule has 2 N–H and O–H groups in total. The van der Waals surface area contributed by atoms with Gasteiger partial charge in [-0.05, 0) is 36.4 Å². The molecule has 0 radical (unpaired) electrons. The number of methoxy groups -OCH3 is 1. The number of aliphatic hydroxyl groups excluding tert-OH is 1. The lowest BCUT2D eigenvalue weighted by Crippen LogP contribution is -2.30. The van der Waals surface area contributed by atoms with Crippen LogP contribution in [-0.2, 0) is 9.59 Å². The third-order valence-corrected chi connectivity index (χ3v) is 6.05. The monoisotopic (exact) mass is 494 g/mol. The summed E-state index contributed by atoms with van der Waals surface area (Å²) < 4.78 is 5.16. The number of hydrogen-bond donors (Lipinski definition) is 2. The van der Waals surface area contributed by atoms with Gasteiger partial charge < -0.3 is 14.8 Å². The maximum atomic E-state index is 13.2. The van der Waals surface area contributed by atoms with Crippen molar-refractivity contribution in [2.24, 2.45) is 0 Å². The highest BCUT2D eigenvalue weighted by Gasteiger charge is 2.49. The summed E-state index contributed by atoms with van der Waals surface area (Å²) in [4.78, 5) is 39.5. The molecule has 34 heavy (non-hydrogen) atoms. The Hall–Kier alpha value is -3.88. The standard InChI is InChI=1S/C24H16Cl2N4O4/c1-34-22-13(25)10-12(11-14(22)26)20(31)18-19(17-8-4-5-9-27-17)30(23(33)21(18)32)24-28-15-6-2-3-7-16(15)29-24/h2-11,19,31H,1H3,(H,28,29)/b20-18+. The van der Waals surface area contributed by atoms with Crippen molar-refractivity contribution >= 4 is 57.6 Å². The number of anilines is 1. The topological polar surface area (TPSA) is 108 Å². The lowest BCUT2D eigenvalue weighted by atomic mass is 9.98. The number of rotatable bonds is 4. The molecule has 1 aliphatic rings. The average molecular weight is 495 g/mol. The zero-order valence-corrected chi connectivity index (χ0v) is 19.1. The van der Waals surface area contributed by atoms with Crippen LogP contribution in [0.3, 0.4) is 0 Å². The fraction of sp³-hybridized carbons (Fsp3) is 0.0833. The zero-order valence-electron chi connectivity index (χ0n) is 17.6. The summed E-state index contributed by atoms with van der Waals surface area (Å²) in [5.41, 5.74) is 1.66. The molecular formula is C24H16Cl2N4O4. The number of amides is 1. The van der Waals surface area contributed by atoms with E-state index in [1.165, 1.54) is 30.3 Å². The summed E-state index contributed by atoms with van der Waals surface area (Å²) >= 11 is 12.5. The Bertz CT molecular complexity index is 1430. The predicted molar refractivity (Wildman–Crippen MR) is 128 cm³/mol. The molecule has 2 aromatic heterocycles. The second-order valence-corrected chi connectivity index (χ2v) is 8.29. The van der Waals surface area contributed by atoms with Crippen LogP contribution in [0.25, 0.3) is 16.8 Å². The molecular weight excluding hydrogens is 479 g/mol. The molecule has 4 aromatic rings. The third kappa shape index (κ3) is 3.48. The van der Waals surface area contributed by atoms with Crippen LogP contribution in [-0.4, -0.2) is 38.9 Å². The molecule has 1 atom stereocenters. The number of imidazole rings is 1. The van der Waals surface area contributed by atoms with Gasteiger partial charge in [0.05, 0.1) is 39.5 Å². The fourth-order valence-corrected chi connectivity index (χ4v) is 4.61. The number of Topliss-reactive ketones (excluding diaryl/α,β-unsaturated/α-hetero) is 1. The summed E-state index contributed by atoms with van der Waals surface area (Å²) in [6, 6.07) is 14.1. The number of hydrogen-bond acceptors (Lipinski definition) is 6. The summed E-state index contributed by atoms with van der Waals surface area (Å²) in [5, 5.41) is 11.5. The fourth-order valence-electron chi connectivity index (χ4n) is 3.97. The molecule has 8 nitrogen and oxygen atoms in total. The number of halogens is 2. The van der Waals surface area contributed by atoms with Crippen molar-refractivity contribution in [2.75, 3.05) is 12.0 Å². The van der Waals surface area contributed by atoms with Gasteiger partial charge in [-0.15, -0.1) is 0 Å². The van der Waals surface area contributed by atoms with Gasteiger partial charge in [-0.25, -0.2) is 4.98 Å². The van der Waals surface area contributed by atoms with Gasteiger partial charge >= 0.3 is 5.91 Å². The molecule has 0 aliphatic carbocycles. The number of H-pyrrole nitrogens is 1. The molecule has 1 fully saturated rings. The smallest absolute Gasteiger partial charge is 0.302 e. The van der Waals surface area contributed by atoms with Gasteiger partial charge in [-0.1, -0.05) is 41.4 Å². The number of para-hydroxylation sites is 2. The van der Waals surface area contributed by atoms with E-state index in [0.29, 0.717) is 16.7 Å². The van der Waals surface area contributed by atoms with Crippen molar-refractivity contribution in [3.63, 3.8) is 0 Å². The molecule has 5 rings (SSSR count). The highest BCUT2D eigenvalue weighted by atomic mass is 35.5. The Labute approximate surface area is 203 Å². The van der Waals surface area contributed by atoms with Crippen LogP contribution >= 0.6 is 23.2 Å². The van der Waals surface area contributed by atoms with E-state index in [2.05, 4.69) is 15.0 Å². The number of ketones is 1. The number of aromatic amines is 1. The molecule has 10 heteroatoms. The Kier molecular flexibility index (Phi) is 5.47. The SMILES string of the molecule is COc1c(Cl)cc(/C(O)=C2\C(=O)C(=O)N(c3nc4ccccc4[nH]3)C2c2ccccn2)cc1Cl. The Morgan fingerprint density at radius 2 is 1.79 bits per heavy atom. The number of carbonyl (C=O) groups excluding carboxylic acids is 2. The summed E-state index contributed by atoms with van der Waals surface area (Å²) in [6.07, 6.45) is 1.54. The van der Waals surface area contributed by atoms with Gasteiger partial charge in [-0.2, -0.15) is 0 Å². The van der Waals surface area contributed by atoms with Crippen molar-refractivity contribution in [3.05, 3.63) is 87.7 Å². The van der Waals surface area contributed by atoms with E-state index >= 15 is 0 Å². The largest absolute Gasteiger partial charge is 0.507 e. The number of ether oxygens (including phenoxy) is 1. The number of fused-ring (bicyclic) bond motifs is 1. The van der Waals surface area contributed by atoms with E-state index in [9.17, 15) is 14.7 Å². The van der Waals surface area contributed by atoms with Gasteiger partial charge in [0.25, 0.3) is 5.78 Å². The van der Waals surface area contributed by atoms with Crippen LogP contribution < -0.4 is 9.64 Å². The quantitative estimate of drug-likeness (QED) is 0.237. The minimum atomic E-state index is -1.04. The highest BCUT2D eigenvalue weighted by Crippen LogP contribution is 2.42. The van der Waals surface area contributed by atoms with Gasteiger partial charge in [0.15, 0.2) is 5.75 Å². The maximum Gasteiger partial charge on any atom is 0.302 e. The third-order valence-electron chi connectivity index (χ3n) is 5.49. The molecule has 2 aromatic carbocycles. The van der Waals surface area contributed by atoms with E-state index in [0.717, 1.165) is 0 Å². The van der Waals surface area contributed by atoms with Crippen molar-refractivity contribution in [1.82, 2.24) is 15.0 Å². The molecule has 1 unspecified atom stereocenters. The molecule has 0 spiro atoms. The number of benzene rings is 2. The van der Waals surface area contributed by atoms with E-state index < -0.39 is 23.5 Å². The van der Waals surface area contributed by atoms with Crippen LogP contribution in [0, 0.1) is 0 Å². The maximum absolute atomic E-state index is 13.2. The van der Waals surface area contributed by atoms with Crippen LogP contribution in [0.1, 0.15) is 17.3 Å². The van der Waals surface area contributed by atoms with Crippen molar-refractivity contribution in [2.45, 2.75) is 6.04 Å². The molecule has 1 saturated heterocycles. The number of nitrogens with one attached hydrogen (secondary N) is 1. The van der Waals surface area contributed by atoms with Crippen LogP contribution in [0.4, 0.5) is 5.95 Å². The van der Waals surface area contributed by atoms with E-state index in [4.69, 9.17) is 27.9 Å². The first-order valence-electron chi connectivity index (χ1n) is 10.1. The first-order chi connectivity index (χ1) is 16.4. The normalized spacial score (nSPS) is 17.5. The number of aromatic nitrogens is 3. The number of carbonyl (C=O) groups is 2. The highest BCUT2D eigenvalue weighted by molar-refractivity contribution is 6.51.